The van der Waals surface area contributed by atoms with E-state index in [1.165, 1.54) is 5.56 Å². The summed E-state index contributed by atoms with van der Waals surface area (Å²) in [6.07, 6.45) is 4.12. The molecule has 3 rings (SSSR count). The van der Waals surface area contributed by atoms with Crippen LogP contribution in [0, 0.1) is 0 Å². The van der Waals surface area contributed by atoms with Gasteiger partial charge >= 0.3 is 0 Å². The van der Waals surface area contributed by atoms with Crippen molar-refractivity contribution >= 4 is 5.69 Å². The number of hydrogen-bond acceptors (Lipinski definition) is 4. The van der Waals surface area contributed by atoms with Crippen LogP contribution >= 0.6 is 0 Å². The van der Waals surface area contributed by atoms with Crippen LogP contribution in [0.5, 0.6) is 0 Å². The Hall–Kier alpha value is -1.10. The number of fused-ring (bicyclic) bond motifs is 2. The third kappa shape index (κ3) is 2.80. The van der Waals surface area contributed by atoms with Crippen molar-refractivity contribution in [2.45, 2.75) is 42.8 Å². The summed E-state index contributed by atoms with van der Waals surface area (Å²) in [5.41, 5.74) is 7.65. The van der Waals surface area contributed by atoms with Crippen molar-refractivity contribution in [2.24, 2.45) is 0 Å². The SMILES string of the molecule is COC[C@@]12CC[C@@](COC)(CC(c3ccc(N)cc3)C1)O2. The number of ether oxygens (including phenoxy) is 3. The molecular formula is C17H25NO3. The van der Waals surface area contributed by atoms with Gasteiger partial charge in [0, 0.05) is 19.9 Å². The Morgan fingerprint density at radius 3 is 2.05 bits per heavy atom. The van der Waals surface area contributed by atoms with Crippen LogP contribution in [0.4, 0.5) is 5.69 Å². The maximum Gasteiger partial charge on any atom is 0.0930 e. The normalized spacial score (nSPS) is 35.0. The summed E-state index contributed by atoms with van der Waals surface area (Å²) < 4.78 is 17.3. The monoisotopic (exact) mass is 291 g/mol. The summed E-state index contributed by atoms with van der Waals surface area (Å²) in [5, 5.41) is 0. The van der Waals surface area contributed by atoms with Gasteiger partial charge in [0.05, 0.1) is 24.4 Å². The molecule has 1 aromatic rings. The fourth-order valence-electron chi connectivity index (χ4n) is 4.13. The molecule has 0 aromatic heterocycles. The summed E-state index contributed by atoms with van der Waals surface area (Å²) in [6, 6.07) is 8.26. The third-order valence-electron chi connectivity index (χ3n) is 4.93. The zero-order chi connectivity index (χ0) is 14.9. The number of nitrogens with two attached hydrogens (primary N) is 1. The van der Waals surface area contributed by atoms with Gasteiger partial charge in [-0.2, -0.15) is 0 Å². The molecule has 0 spiro atoms. The minimum absolute atomic E-state index is 0.155. The van der Waals surface area contributed by atoms with Gasteiger partial charge < -0.3 is 19.9 Å². The Kier molecular flexibility index (Phi) is 3.95. The smallest absolute Gasteiger partial charge is 0.0930 e. The van der Waals surface area contributed by atoms with E-state index in [1.54, 1.807) is 14.2 Å². The summed E-state index contributed by atoms with van der Waals surface area (Å²) in [7, 11) is 3.50. The van der Waals surface area contributed by atoms with E-state index in [1.807, 2.05) is 12.1 Å². The molecule has 116 valence electrons. The number of methoxy groups -OCH3 is 2. The fraction of sp³-hybridized carbons (Fsp3) is 0.647. The van der Waals surface area contributed by atoms with Crippen molar-refractivity contribution in [1.29, 1.82) is 0 Å². The molecular weight excluding hydrogens is 266 g/mol. The maximum atomic E-state index is 6.45. The summed E-state index contributed by atoms with van der Waals surface area (Å²) >= 11 is 0. The summed E-state index contributed by atoms with van der Waals surface area (Å²) in [4.78, 5) is 0. The molecule has 3 atom stereocenters. The van der Waals surface area contributed by atoms with Gasteiger partial charge in [-0.15, -0.1) is 0 Å². The molecule has 0 saturated carbocycles. The molecule has 21 heavy (non-hydrogen) atoms. The lowest BCUT2D eigenvalue weighted by molar-refractivity contribution is -0.184. The quantitative estimate of drug-likeness (QED) is 0.848. The molecule has 4 heteroatoms. The van der Waals surface area contributed by atoms with Gasteiger partial charge in [0.2, 0.25) is 0 Å². The molecule has 4 nitrogen and oxygen atoms in total. The minimum Gasteiger partial charge on any atom is -0.399 e. The second kappa shape index (κ2) is 5.59. The van der Waals surface area contributed by atoms with Crippen molar-refractivity contribution in [1.82, 2.24) is 0 Å². The molecule has 1 unspecified atom stereocenters. The lowest BCUT2D eigenvalue weighted by Gasteiger charge is -2.43. The van der Waals surface area contributed by atoms with Gasteiger partial charge in [-0.05, 0) is 49.3 Å². The molecule has 2 aliphatic heterocycles. The minimum atomic E-state index is -0.155. The van der Waals surface area contributed by atoms with Crippen LogP contribution in [0.15, 0.2) is 24.3 Å². The zero-order valence-corrected chi connectivity index (χ0v) is 12.9. The highest BCUT2D eigenvalue weighted by atomic mass is 16.6. The van der Waals surface area contributed by atoms with Crippen molar-refractivity contribution in [3.05, 3.63) is 29.8 Å². The first-order valence-electron chi connectivity index (χ1n) is 7.64. The van der Waals surface area contributed by atoms with Crippen molar-refractivity contribution in [2.75, 3.05) is 33.2 Å². The van der Waals surface area contributed by atoms with E-state index in [-0.39, 0.29) is 11.2 Å². The second-order valence-corrected chi connectivity index (χ2v) is 6.61. The Bertz CT molecular complexity index is 467. The van der Waals surface area contributed by atoms with Gasteiger partial charge in [0.15, 0.2) is 0 Å². The van der Waals surface area contributed by atoms with E-state index in [0.29, 0.717) is 19.1 Å². The van der Waals surface area contributed by atoms with Crippen LogP contribution in [-0.2, 0) is 14.2 Å². The van der Waals surface area contributed by atoms with E-state index < -0.39 is 0 Å². The molecule has 2 aliphatic rings. The number of benzene rings is 1. The predicted octanol–water partition coefficient (Wildman–Crippen LogP) is 2.73. The van der Waals surface area contributed by atoms with Crippen LogP contribution in [-0.4, -0.2) is 38.6 Å². The molecule has 2 fully saturated rings. The van der Waals surface area contributed by atoms with Crippen molar-refractivity contribution in [3.8, 4) is 0 Å². The van der Waals surface area contributed by atoms with Crippen molar-refractivity contribution in [3.63, 3.8) is 0 Å². The molecule has 0 aliphatic carbocycles. The number of nitrogen functional groups attached to an aromatic ring is 1. The van der Waals surface area contributed by atoms with E-state index in [9.17, 15) is 0 Å². The molecule has 2 bridgehead atoms. The topological polar surface area (TPSA) is 53.7 Å². The number of rotatable bonds is 5. The van der Waals surface area contributed by atoms with Crippen LogP contribution in [0.25, 0.3) is 0 Å². The van der Waals surface area contributed by atoms with E-state index in [0.717, 1.165) is 31.4 Å². The summed E-state index contributed by atoms with van der Waals surface area (Å²) in [5.74, 6) is 0.479. The van der Waals surface area contributed by atoms with Gasteiger partial charge in [0.1, 0.15) is 0 Å². The average molecular weight is 291 g/mol. The second-order valence-electron chi connectivity index (χ2n) is 6.61. The lowest BCUT2D eigenvalue weighted by Crippen LogP contribution is -2.48. The van der Waals surface area contributed by atoms with Crippen molar-refractivity contribution < 1.29 is 14.2 Å². The van der Waals surface area contributed by atoms with Crippen LogP contribution in [0.3, 0.4) is 0 Å². The predicted molar refractivity (Wildman–Crippen MR) is 82.4 cm³/mol. The summed E-state index contributed by atoms with van der Waals surface area (Å²) in [6.45, 7) is 1.31. The Morgan fingerprint density at radius 1 is 1.05 bits per heavy atom. The van der Waals surface area contributed by atoms with Gasteiger partial charge in [-0.25, -0.2) is 0 Å². The molecule has 2 N–H and O–H groups in total. The Balaban J connectivity index is 1.87. The molecule has 2 heterocycles. The Morgan fingerprint density at radius 2 is 1.57 bits per heavy atom. The molecule has 1 aromatic carbocycles. The third-order valence-corrected chi connectivity index (χ3v) is 4.93. The van der Waals surface area contributed by atoms with E-state index in [4.69, 9.17) is 19.9 Å². The first-order valence-corrected chi connectivity index (χ1v) is 7.64. The fourth-order valence-corrected chi connectivity index (χ4v) is 4.13. The van der Waals surface area contributed by atoms with Gasteiger partial charge in [-0.1, -0.05) is 12.1 Å². The van der Waals surface area contributed by atoms with Gasteiger partial charge in [-0.3, -0.25) is 0 Å². The average Bonchev–Trinajstić information content (AvgIpc) is 2.71. The highest BCUT2D eigenvalue weighted by molar-refractivity contribution is 5.40. The highest BCUT2D eigenvalue weighted by Crippen LogP contribution is 2.53. The zero-order valence-electron chi connectivity index (χ0n) is 12.9. The van der Waals surface area contributed by atoms with Gasteiger partial charge in [0.25, 0.3) is 0 Å². The molecule has 0 radical (unpaired) electrons. The van der Waals surface area contributed by atoms with Crippen LogP contribution in [0.1, 0.15) is 37.2 Å². The number of hydrogen-bond donors (Lipinski definition) is 1. The standard InChI is InChI=1S/C17H25NO3/c1-19-11-16-7-8-17(21-16,12-20-2)10-14(9-16)13-3-5-15(18)6-4-13/h3-6,14H,7-12,18H2,1-2H3/t14?,16-,17+. The molecule has 2 saturated heterocycles. The van der Waals surface area contributed by atoms with E-state index in [2.05, 4.69) is 12.1 Å². The van der Waals surface area contributed by atoms with Crippen LogP contribution < -0.4 is 5.73 Å². The first kappa shape index (κ1) is 14.8. The number of anilines is 1. The largest absolute Gasteiger partial charge is 0.399 e. The maximum absolute atomic E-state index is 6.45. The molecule has 0 amide bonds. The highest BCUT2D eigenvalue weighted by Gasteiger charge is 2.55. The Labute approximate surface area is 126 Å². The van der Waals surface area contributed by atoms with Crippen LogP contribution in [0.2, 0.25) is 0 Å². The lowest BCUT2D eigenvalue weighted by atomic mass is 9.80. The van der Waals surface area contributed by atoms with E-state index >= 15 is 0 Å². The first-order chi connectivity index (χ1) is 10.1.